The molecule has 43 heavy (non-hydrogen) atoms. The quantitative estimate of drug-likeness (QED) is 0.260. The summed E-state index contributed by atoms with van der Waals surface area (Å²) in [6.45, 7) is 5.15. The molecule has 4 rings (SSSR count). The van der Waals surface area contributed by atoms with Crippen LogP contribution in [0.5, 0.6) is 0 Å². The summed E-state index contributed by atoms with van der Waals surface area (Å²) < 4.78 is 12.0. The van der Waals surface area contributed by atoms with Gasteiger partial charge in [-0.2, -0.15) is 11.8 Å². The third-order valence-corrected chi connectivity index (χ3v) is 9.22. The summed E-state index contributed by atoms with van der Waals surface area (Å²) >= 11 is 1.57. The molecule has 9 heteroatoms. The van der Waals surface area contributed by atoms with Crippen molar-refractivity contribution in [1.82, 2.24) is 10.2 Å². The van der Waals surface area contributed by atoms with Gasteiger partial charge in [0.15, 0.2) is 0 Å². The molecule has 1 amide bonds. The van der Waals surface area contributed by atoms with Crippen LogP contribution in [0.2, 0.25) is 0 Å². The Balaban J connectivity index is 0.00000248. The van der Waals surface area contributed by atoms with Crippen LogP contribution in [0.15, 0.2) is 42.5 Å². The number of aliphatic carboxylic acids is 1. The Morgan fingerprint density at radius 2 is 1.81 bits per heavy atom. The summed E-state index contributed by atoms with van der Waals surface area (Å²) in [4.78, 5) is 27.7. The molecule has 3 unspecified atom stereocenters. The number of nitrogens with zero attached hydrogens (tertiary/aromatic N) is 1. The predicted molar refractivity (Wildman–Crippen MR) is 174 cm³/mol. The zero-order valence-electron chi connectivity index (χ0n) is 26.2. The summed E-state index contributed by atoms with van der Waals surface area (Å²) in [6.07, 6.45) is 9.97. The molecule has 0 radical (unpaired) electrons. The number of carbonyl (C=O) groups excluding carboxylic acids is 1. The third-order valence-electron chi connectivity index (χ3n) is 8.57. The standard InChI is InChI=1S/C33H46N2O5S.CH4O/c1-23-9-7-8-12-28(23)30-17-25(13-14-29(30)32(36)34-31(33(37)38)15-16-41-3)19-35-20-27(39-2)18-26(35)22-40-21-24-10-5-4-6-11-24;1-2/h7-9,12-14,17,24,26-27,31H,4-6,10-11,15-16,18-22H2,1-3H3,(H,34,36)(H,37,38);2H,1H3. The van der Waals surface area contributed by atoms with Crippen molar-refractivity contribution in [2.75, 3.05) is 46.0 Å². The van der Waals surface area contributed by atoms with Gasteiger partial charge in [-0.15, -0.1) is 0 Å². The van der Waals surface area contributed by atoms with Gasteiger partial charge >= 0.3 is 5.97 Å². The molecule has 238 valence electrons. The number of carbonyl (C=O) groups is 2. The van der Waals surface area contributed by atoms with Gasteiger partial charge < -0.3 is 25.0 Å². The van der Waals surface area contributed by atoms with Crippen LogP contribution in [0.1, 0.15) is 66.4 Å². The molecular formula is C34H50N2O6S. The molecule has 1 saturated carbocycles. The lowest BCUT2D eigenvalue weighted by atomic mass is 9.90. The van der Waals surface area contributed by atoms with E-state index in [2.05, 4.69) is 16.3 Å². The van der Waals surface area contributed by atoms with E-state index in [1.165, 1.54) is 32.1 Å². The summed E-state index contributed by atoms with van der Waals surface area (Å²) in [5, 5.41) is 19.4. The normalized spacial score (nSPS) is 19.8. The minimum Gasteiger partial charge on any atom is -0.480 e. The number of methoxy groups -OCH3 is 1. The highest BCUT2D eigenvalue weighted by Crippen LogP contribution is 2.31. The number of nitrogens with one attached hydrogen (secondary N) is 1. The van der Waals surface area contributed by atoms with E-state index in [-0.39, 0.29) is 18.1 Å². The molecule has 2 aliphatic rings. The molecule has 3 atom stereocenters. The first kappa shape index (κ1) is 35.1. The van der Waals surface area contributed by atoms with Crippen LogP contribution in [0.4, 0.5) is 0 Å². The Kier molecular flexibility index (Phi) is 15.0. The summed E-state index contributed by atoms with van der Waals surface area (Å²) in [6, 6.07) is 13.3. The molecule has 2 aromatic rings. The lowest BCUT2D eigenvalue weighted by Gasteiger charge is -2.26. The van der Waals surface area contributed by atoms with Crippen LogP contribution in [0.3, 0.4) is 0 Å². The zero-order chi connectivity index (χ0) is 31.2. The highest BCUT2D eigenvalue weighted by Gasteiger charge is 2.33. The molecule has 0 aromatic heterocycles. The third kappa shape index (κ3) is 10.3. The number of ether oxygens (including phenoxy) is 2. The van der Waals surface area contributed by atoms with Crippen molar-refractivity contribution in [2.24, 2.45) is 5.92 Å². The average Bonchev–Trinajstić information content (AvgIpc) is 3.42. The summed E-state index contributed by atoms with van der Waals surface area (Å²) in [7, 11) is 2.78. The maximum absolute atomic E-state index is 13.4. The topological polar surface area (TPSA) is 108 Å². The number of carboxylic acid groups (broad SMARTS) is 1. The number of aliphatic hydroxyl groups excluding tert-OH is 1. The number of aliphatic hydroxyl groups is 1. The molecule has 1 aliphatic heterocycles. The van der Waals surface area contributed by atoms with Gasteiger partial charge in [0.1, 0.15) is 6.04 Å². The molecule has 0 spiro atoms. The largest absolute Gasteiger partial charge is 0.480 e. The van der Waals surface area contributed by atoms with Crippen LogP contribution in [0.25, 0.3) is 11.1 Å². The van der Waals surface area contributed by atoms with Crippen molar-refractivity contribution >= 4 is 23.6 Å². The first-order valence-electron chi connectivity index (χ1n) is 15.4. The van der Waals surface area contributed by atoms with Crippen molar-refractivity contribution in [3.63, 3.8) is 0 Å². The van der Waals surface area contributed by atoms with E-state index in [0.717, 1.165) is 55.5 Å². The lowest BCUT2D eigenvalue weighted by Crippen LogP contribution is -2.41. The highest BCUT2D eigenvalue weighted by molar-refractivity contribution is 7.98. The van der Waals surface area contributed by atoms with Crippen molar-refractivity contribution < 1.29 is 29.3 Å². The number of carboxylic acids is 1. The first-order chi connectivity index (χ1) is 20.9. The van der Waals surface area contributed by atoms with Crippen LogP contribution in [-0.2, 0) is 20.8 Å². The Morgan fingerprint density at radius 3 is 2.49 bits per heavy atom. The predicted octanol–water partition coefficient (Wildman–Crippen LogP) is 5.39. The monoisotopic (exact) mass is 614 g/mol. The Bertz CT molecular complexity index is 1160. The van der Waals surface area contributed by atoms with E-state index in [1.807, 2.05) is 49.6 Å². The molecule has 0 bridgehead atoms. The summed E-state index contributed by atoms with van der Waals surface area (Å²) in [5.41, 5.74) is 4.44. The number of amides is 1. The highest BCUT2D eigenvalue weighted by atomic mass is 32.2. The Morgan fingerprint density at radius 1 is 1.07 bits per heavy atom. The number of likely N-dealkylation sites (tertiary alicyclic amines) is 1. The second kappa shape index (κ2) is 18.4. The number of rotatable bonds is 14. The van der Waals surface area contributed by atoms with Crippen LogP contribution >= 0.6 is 11.8 Å². The number of benzene rings is 2. The molecular weight excluding hydrogens is 564 g/mol. The van der Waals surface area contributed by atoms with E-state index in [9.17, 15) is 14.7 Å². The molecule has 1 aliphatic carbocycles. The van der Waals surface area contributed by atoms with Crippen molar-refractivity contribution in [3.8, 4) is 11.1 Å². The van der Waals surface area contributed by atoms with Crippen LogP contribution in [0, 0.1) is 12.8 Å². The van der Waals surface area contributed by atoms with E-state index >= 15 is 0 Å². The van der Waals surface area contributed by atoms with Crippen molar-refractivity contribution in [2.45, 2.75) is 76.6 Å². The average molecular weight is 615 g/mol. The van der Waals surface area contributed by atoms with Gasteiger partial charge in [-0.1, -0.05) is 49.6 Å². The SMILES string of the molecule is CO.COC1CC(COCC2CCCCC2)N(Cc2ccc(C(=O)NC(CCSC)C(=O)O)c(-c3ccccc3C)c2)C1. The number of aryl methyl sites for hydroxylation is 1. The second-order valence-electron chi connectivity index (χ2n) is 11.6. The maximum Gasteiger partial charge on any atom is 0.326 e. The fraction of sp³-hybridized carbons (Fsp3) is 0.588. The first-order valence-corrected chi connectivity index (χ1v) is 16.8. The number of hydrogen-bond acceptors (Lipinski definition) is 7. The zero-order valence-corrected chi connectivity index (χ0v) is 27.0. The van der Waals surface area contributed by atoms with Gasteiger partial charge in [0, 0.05) is 45.5 Å². The van der Waals surface area contributed by atoms with Gasteiger partial charge in [0.2, 0.25) is 0 Å². The minimum atomic E-state index is -1.01. The van der Waals surface area contributed by atoms with Gasteiger partial charge in [-0.3, -0.25) is 9.69 Å². The van der Waals surface area contributed by atoms with E-state index in [1.54, 1.807) is 18.9 Å². The fourth-order valence-electron chi connectivity index (χ4n) is 6.15. The van der Waals surface area contributed by atoms with Gasteiger partial charge in [0.05, 0.1) is 12.7 Å². The van der Waals surface area contributed by atoms with E-state index in [4.69, 9.17) is 14.6 Å². The molecule has 2 aromatic carbocycles. The molecule has 8 nitrogen and oxygen atoms in total. The number of hydrogen-bond donors (Lipinski definition) is 3. The lowest BCUT2D eigenvalue weighted by molar-refractivity contribution is -0.139. The van der Waals surface area contributed by atoms with Crippen molar-refractivity contribution in [3.05, 3.63) is 59.2 Å². The molecule has 1 saturated heterocycles. The molecule has 2 fully saturated rings. The second-order valence-corrected chi connectivity index (χ2v) is 12.5. The van der Waals surface area contributed by atoms with Gasteiger partial charge in [-0.05, 0) is 84.9 Å². The van der Waals surface area contributed by atoms with Gasteiger partial charge in [-0.25, -0.2) is 4.79 Å². The molecule has 3 N–H and O–H groups in total. The Hall–Kier alpha value is -2.43. The fourth-order valence-corrected chi connectivity index (χ4v) is 6.62. The van der Waals surface area contributed by atoms with E-state index in [0.29, 0.717) is 30.3 Å². The van der Waals surface area contributed by atoms with Crippen LogP contribution in [-0.4, -0.2) is 91.2 Å². The van der Waals surface area contributed by atoms with E-state index < -0.39 is 12.0 Å². The molecule has 1 heterocycles. The van der Waals surface area contributed by atoms with Gasteiger partial charge in [0.25, 0.3) is 5.91 Å². The maximum atomic E-state index is 13.4. The minimum absolute atomic E-state index is 0.174. The Labute approximate surface area is 261 Å². The smallest absolute Gasteiger partial charge is 0.326 e. The summed E-state index contributed by atoms with van der Waals surface area (Å²) in [5.74, 6) is -0.0310. The van der Waals surface area contributed by atoms with Crippen LogP contribution < -0.4 is 5.32 Å². The van der Waals surface area contributed by atoms with Crippen molar-refractivity contribution in [1.29, 1.82) is 0 Å². The number of thioether (sulfide) groups is 1.